The van der Waals surface area contributed by atoms with Crippen molar-refractivity contribution in [2.45, 2.75) is 46.6 Å². The van der Waals surface area contributed by atoms with Crippen LogP contribution in [-0.2, 0) is 0 Å². The summed E-state index contributed by atoms with van der Waals surface area (Å²) in [5.74, 6) is 0.944. The Kier molecular flexibility index (Phi) is 6.14. The second-order valence-corrected chi connectivity index (χ2v) is 5.94. The summed E-state index contributed by atoms with van der Waals surface area (Å²) in [6.07, 6.45) is 2.09. The van der Waals surface area contributed by atoms with E-state index in [0.717, 1.165) is 35.3 Å². The predicted molar refractivity (Wildman–Crippen MR) is 86.3 cm³/mol. The number of hydrogen-bond donors (Lipinski definition) is 2. The largest absolute Gasteiger partial charge is 0.494 e. The zero-order valence-electron chi connectivity index (χ0n) is 12.6. The minimum absolute atomic E-state index is 0.260. The van der Waals surface area contributed by atoms with E-state index in [9.17, 15) is 0 Å². The van der Waals surface area contributed by atoms with E-state index in [1.54, 1.807) is 7.11 Å². The van der Waals surface area contributed by atoms with Crippen LogP contribution in [0.25, 0.3) is 0 Å². The minimum atomic E-state index is 0.260. The van der Waals surface area contributed by atoms with Crippen LogP contribution in [0.2, 0.25) is 0 Å². The molecule has 0 spiro atoms. The van der Waals surface area contributed by atoms with Gasteiger partial charge in [-0.25, -0.2) is 0 Å². The van der Waals surface area contributed by atoms with E-state index in [-0.39, 0.29) is 6.04 Å². The molecule has 0 amide bonds. The Morgan fingerprint density at radius 3 is 2.37 bits per heavy atom. The zero-order chi connectivity index (χ0) is 14.6. The number of methoxy groups -OCH3 is 1. The molecule has 3 nitrogen and oxygen atoms in total. The van der Waals surface area contributed by atoms with Gasteiger partial charge in [0.05, 0.1) is 12.8 Å². The lowest BCUT2D eigenvalue weighted by Crippen LogP contribution is -2.16. The summed E-state index contributed by atoms with van der Waals surface area (Å²) >= 11 is 3.66. The first-order valence-corrected chi connectivity index (χ1v) is 7.52. The van der Waals surface area contributed by atoms with Gasteiger partial charge in [0.25, 0.3) is 0 Å². The molecule has 1 rings (SSSR count). The average Bonchev–Trinajstić information content (AvgIpc) is 2.37. The van der Waals surface area contributed by atoms with Crippen LogP contribution in [0.3, 0.4) is 0 Å². The van der Waals surface area contributed by atoms with Gasteiger partial charge in [0.1, 0.15) is 5.75 Å². The maximum atomic E-state index is 5.77. The minimum Gasteiger partial charge on any atom is -0.494 e. The number of hydrogen-bond acceptors (Lipinski definition) is 3. The Morgan fingerprint density at radius 2 is 1.84 bits per heavy atom. The molecule has 0 aliphatic heterocycles. The number of anilines is 1. The molecule has 4 heteroatoms. The zero-order valence-corrected chi connectivity index (χ0v) is 14.1. The summed E-state index contributed by atoms with van der Waals surface area (Å²) in [5, 5.41) is 3.49. The molecule has 0 radical (unpaired) electrons. The Balaban J connectivity index is 2.93. The fourth-order valence-corrected chi connectivity index (χ4v) is 2.68. The lowest BCUT2D eigenvalue weighted by molar-refractivity contribution is 0.412. The Morgan fingerprint density at radius 1 is 1.21 bits per heavy atom. The lowest BCUT2D eigenvalue weighted by Gasteiger charge is -2.20. The van der Waals surface area contributed by atoms with Crippen molar-refractivity contribution in [2.24, 2.45) is 5.73 Å². The first kappa shape index (κ1) is 16.3. The second-order valence-electron chi connectivity index (χ2n) is 5.14. The number of nitrogens with one attached hydrogen (secondary N) is 1. The highest BCUT2D eigenvalue weighted by Gasteiger charge is 2.16. The van der Waals surface area contributed by atoms with Gasteiger partial charge in [0.15, 0.2) is 0 Å². The molecule has 108 valence electrons. The number of ether oxygens (including phenoxy) is 1. The van der Waals surface area contributed by atoms with Gasteiger partial charge in [-0.15, -0.1) is 0 Å². The number of nitrogens with two attached hydrogens (primary N) is 1. The van der Waals surface area contributed by atoms with E-state index in [4.69, 9.17) is 10.5 Å². The normalized spacial score (nSPS) is 12.4. The molecule has 0 bridgehead atoms. The van der Waals surface area contributed by atoms with E-state index < -0.39 is 0 Å². The topological polar surface area (TPSA) is 47.3 Å². The summed E-state index contributed by atoms with van der Waals surface area (Å²) < 4.78 is 6.72. The van der Waals surface area contributed by atoms with Gasteiger partial charge in [-0.05, 0) is 57.2 Å². The third kappa shape index (κ3) is 3.86. The molecule has 3 N–H and O–H groups in total. The third-order valence-corrected chi connectivity index (χ3v) is 4.70. The lowest BCUT2D eigenvalue weighted by atomic mass is 10.0. The van der Waals surface area contributed by atoms with Crippen molar-refractivity contribution in [3.63, 3.8) is 0 Å². The van der Waals surface area contributed by atoms with E-state index in [1.807, 2.05) is 6.92 Å². The SMILES string of the molecule is COc1c(C)c(C)c(Br)c(C)c1NCCCC(C)N. The highest BCUT2D eigenvalue weighted by molar-refractivity contribution is 9.10. The molecular formula is C15H25BrN2O. The molecule has 1 aromatic carbocycles. The number of rotatable bonds is 6. The van der Waals surface area contributed by atoms with Crippen LogP contribution in [0.1, 0.15) is 36.5 Å². The second kappa shape index (κ2) is 7.15. The van der Waals surface area contributed by atoms with Gasteiger partial charge in [-0.3, -0.25) is 0 Å². The summed E-state index contributed by atoms with van der Waals surface area (Å²) in [4.78, 5) is 0. The Hall–Kier alpha value is -0.740. The van der Waals surface area contributed by atoms with Crippen LogP contribution in [0.15, 0.2) is 4.47 Å². The first-order valence-electron chi connectivity index (χ1n) is 6.72. The van der Waals surface area contributed by atoms with Gasteiger partial charge in [-0.1, -0.05) is 15.9 Å². The van der Waals surface area contributed by atoms with Crippen molar-refractivity contribution >= 4 is 21.6 Å². The third-order valence-electron chi connectivity index (χ3n) is 3.51. The van der Waals surface area contributed by atoms with Gasteiger partial charge in [0.2, 0.25) is 0 Å². The maximum absolute atomic E-state index is 5.77. The molecule has 0 heterocycles. The van der Waals surface area contributed by atoms with Crippen molar-refractivity contribution in [3.8, 4) is 5.75 Å². The standard InChI is InChI=1S/C15H25BrN2O/c1-9(17)7-6-8-18-14-12(4)13(16)10(2)11(3)15(14)19-5/h9,18H,6-8,17H2,1-5H3. The summed E-state index contributed by atoms with van der Waals surface area (Å²) in [5.41, 5.74) is 10.5. The fraction of sp³-hybridized carbons (Fsp3) is 0.600. The van der Waals surface area contributed by atoms with Crippen LogP contribution in [-0.4, -0.2) is 19.7 Å². The van der Waals surface area contributed by atoms with Gasteiger partial charge in [-0.2, -0.15) is 0 Å². The van der Waals surface area contributed by atoms with Crippen LogP contribution < -0.4 is 15.8 Å². The molecule has 0 aromatic heterocycles. The van der Waals surface area contributed by atoms with Crippen LogP contribution >= 0.6 is 15.9 Å². The average molecular weight is 329 g/mol. The van der Waals surface area contributed by atoms with Crippen LogP contribution in [0.4, 0.5) is 5.69 Å². The maximum Gasteiger partial charge on any atom is 0.145 e. The predicted octanol–water partition coefficient (Wildman–Crippen LogP) is 3.92. The highest BCUT2D eigenvalue weighted by Crippen LogP contribution is 2.39. The monoisotopic (exact) mass is 328 g/mol. The number of benzene rings is 1. The van der Waals surface area contributed by atoms with Gasteiger partial charge >= 0.3 is 0 Å². The summed E-state index contributed by atoms with van der Waals surface area (Å²) in [6, 6.07) is 0.260. The quantitative estimate of drug-likeness (QED) is 0.778. The molecule has 1 aromatic rings. The fourth-order valence-electron chi connectivity index (χ4n) is 2.19. The van der Waals surface area contributed by atoms with E-state index in [1.165, 1.54) is 16.7 Å². The molecule has 19 heavy (non-hydrogen) atoms. The molecule has 0 fully saturated rings. The van der Waals surface area contributed by atoms with E-state index in [2.05, 4.69) is 42.0 Å². The molecule has 0 saturated heterocycles. The Labute approximate surface area is 125 Å². The highest BCUT2D eigenvalue weighted by atomic mass is 79.9. The molecular weight excluding hydrogens is 304 g/mol. The smallest absolute Gasteiger partial charge is 0.145 e. The van der Waals surface area contributed by atoms with Crippen molar-refractivity contribution in [1.29, 1.82) is 0 Å². The van der Waals surface area contributed by atoms with Gasteiger partial charge < -0.3 is 15.8 Å². The summed E-state index contributed by atoms with van der Waals surface area (Å²) in [6.45, 7) is 9.25. The van der Waals surface area contributed by atoms with Crippen molar-refractivity contribution in [1.82, 2.24) is 0 Å². The molecule has 0 aliphatic carbocycles. The van der Waals surface area contributed by atoms with Crippen molar-refractivity contribution < 1.29 is 4.74 Å². The number of halogens is 1. The molecule has 0 saturated carbocycles. The van der Waals surface area contributed by atoms with Crippen molar-refractivity contribution in [3.05, 3.63) is 21.2 Å². The van der Waals surface area contributed by atoms with Gasteiger partial charge in [0, 0.05) is 17.1 Å². The molecule has 1 atom stereocenters. The van der Waals surface area contributed by atoms with Crippen molar-refractivity contribution in [2.75, 3.05) is 19.0 Å². The van der Waals surface area contributed by atoms with E-state index >= 15 is 0 Å². The first-order chi connectivity index (χ1) is 8.90. The van der Waals surface area contributed by atoms with Crippen LogP contribution in [0.5, 0.6) is 5.75 Å². The van der Waals surface area contributed by atoms with E-state index in [0.29, 0.717) is 0 Å². The molecule has 0 aliphatic rings. The Bertz CT molecular complexity index is 445. The summed E-state index contributed by atoms with van der Waals surface area (Å²) in [7, 11) is 1.72. The molecule has 1 unspecified atom stereocenters. The van der Waals surface area contributed by atoms with Crippen LogP contribution in [0, 0.1) is 20.8 Å².